The van der Waals surface area contributed by atoms with E-state index in [1.807, 2.05) is 42.5 Å². The molecule has 0 saturated carbocycles. The monoisotopic (exact) mass is 536 g/mol. The molecular weight excluding hydrogens is 515 g/mol. The summed E-state index contributed by atoms with van der Waals surface area (Å²) in [7, 11) is 0. The number of benzene rings is 3. The van der Waals surface area contributed by atoms with E-state index in [1.165, 1.54) is 11.8 Å². The molecule has 1 aromatic heterocycles. The predicted octanol–water partition coefficient (Wildman–Crippen LogP) is 6.68. The first-order valence-electron chi connectivity index (χ1n) is 11.3. The van der Waals surface area contributed by atoms with Crippen LogP contribution in [0.3, 0.4) is 0 Å². The number of phenolic OH excluding ortho intramolecular Hbond substituents is 1. The maximum atomic E-state index is 13.3. The molecule has 1 saturated heterocycles. The van der Waals surface area contributed by atoms with Gasteiger partial charge in [-0.15, -0.1) is 11.8 Å². The Morgan fingerprint density at radius 1 is 0.889 bits per heavy atom. The third-order valence-corrected chi connectivity index (χ3v) is 7.94. The van der Waals surface area contributed by atoms with Gasteiger partial charge >= 0.3 is 0 Å². The Labute approximate surface area is 223 Å². The first kappa shape index (κ1) is 24.7. The molecule has 3 aromatic carbocycles. The minimum atomic E-state index is -0.722. The summed E-state index contributed by atoms with van der Waals surface area (Å²) >= 11 is 13.5. The number of halogens is 2. The molecule has 3 atom stereocenters. The fraction of sp³-hybridized carbons (Fsp3) is 0.143. The van der Waals surface area contributed by atoms with Crippen molar-refractivity contribution >= 4 is 46.6 Å². The third kappa shape index (κ3) is 5.08. The molecular formula is C28H22Cl2N2O3S. The SMILES string of the molecule is O=C1[C@H](SC[C@@H](O)c2ccc(Cl)cc2)[C@@H](c2ccc(O)cc2)N1c1ccc(-c2cncc(Cl)c2)cc1. The first-order valence-corrected chi connectivity index (χ1v) is 13.1. The van der Waals surface area contributed by atoms with Crippen LogP contribution in [-0.4, -0.2) is 32.1 Å². The highest BCUT2D eigenvalue weighted by Gasteiger charge is 2.49. The van der Waals surface area contributed by atoms with E-state index in [-0.39, 0.29) is 22.9 Å². The molecule has 2 N–H and O–H groups in total. The Bertz CT molecular complexity index is 1370. The lowest BCUT2D eigenvalue weighted by Crippen LogP contribution is -2.57. The maximum absolute atomic E-state index is 13.3. The Morgan fingerprint density at radius 3 is 2.25 bits per heavy atom. The number of aromatic nitrogens is 1. The van der Waals surface area contributed by atoms with Crippen LogP contribution in [0.4, 0.5) is 5.69 Å². The van der Waals surface area contributed by atoms with E-state index in [1.54, 1.807) is 53.7 Å². The lowest BCUT2D eigenvalue weighted by Gasteiger charge is -2.47. The number of pyridine rings is 1. The molecule has 0 spiro atoms. The van der Waals surface area contributed by atoms with E-state index >= 15 is 0 Å². The van der Waals surface area contributed by atoms with Crippen molar-refractivity contribution in [2.75, 3.05) is 10.7 Å². The Kier molecular flexibility index (Phi) is 7.21. The van der Waals surface area contributed by atoms with E-state index in [0.29, 0.717) is 15.8 Å². The maximum Gasteiger partial charge on any atom is 0.243 e. The number of nitrogens with zero attached hydrogens (tertiary/aromatic N) is 2. The van der Waals surface area contributed by atoms with Crippen LogP contribution >= 0.6 is 35.0 Å². The van der Waals surface area contributed by atoms with Crippen molar-refractivity contribution in [3.63, 3.8) is 0 Å². The summed E-state index contributed by atoms with van der Waals surface area (Å²) in [6.07, 6.45) is 2.61. The number of rotatable bonds is 7. The van der Waals surface area contributed by atoms with E-state index in [2.05, 4.69) is 4.98 Å². The van der Waals surface area contributed by atoms with Gasteiger partial charge in [0.05, 0.1) is 17.2 Å². The number of hydrogen-bond acceptors (Lipinski definition) is 5. The Morgan fingerprint density at radius 2 is 1.58 bits per heavy atom. The number of aromatic hydroxyl groups is 1. The molecule has 36 heavy (non-hydrogen) atoms. The molecule has 1 fully saturated rings. The number of phenols is 1. The number of hydrogen-bond donors (Lipinski definition) is 2. The van der Waals surface area contributed by atoms with Gasteiger partial charge in [-0.05, 0) is 59.2 Å². The van der Waals surface area contributed by atoms with Gasteiger partial charge in [0.1, 0.15) is 11.0 Å². The second-order valence-corrected chi connectivity index (χ2v) is 10.6. The Hall–Kier alpha value is -3.03. The van der Waals surface area contributed by atoms with Crippen LogP contribution < -0.4 is 4.90 Å². The predicted molar refractivity (Wildman–Crippen MR) is 146 cm³/mol. The number of thioether (sulfide) groups is 1. The first-order chi connectivity index (χ1) is 17.4. The summed E-state index contributed by atoms with van der Waals surface area (Å²) in [6.45, 7) is 0. The van der Waals surface area contributed by atoms with Crippen LogP contribution in [0.5, 0.6) is 5.75 Å². The van der Waals surface area contributed by atoms with Crippen LogP contribution in [0.1, 0.15) is 23.3 Å². The quantitative estimate of drug-likeness (QED) is 0.257. The van der Waals surface area contributed by atoms with Crippen molar-refractivity contribution in [2.45, 2.75) is 17.4 Å². The molecule has 5 nitrogen and oxygen atoms in total. The summed E-state index contributed by atoms with van der Waals surface area (Å²) in [5, 5.41) is 21.2. The molecule has 182 valence electrons. The van der Waals surface area contributed by atoms with Crippen LogP contribution in [-0.2, 0) is 4.79 Å². The zero-order valence-electron chi connectivity index (χ0n) is 19.0. The summed E-state index contributed by atoms with van der Waals surface area (Å²) in [4.78, 5) is 19.2. The van der Waals surface area contributed by atoms with E-state index in [9.17, 15) is 15.0 Å². The zero-order valence-corrected chi connectivity index (χ0v) is 21.3. The van der Waals surface area contributed by atoms with E-state index in [0.717, 1.165) is 27.9 Å². The highest BCUT2D eigenvalue weighted by molar-refractivity contribution is 8.00. The number of β-lactam (4-membered cyclic amide) rings is 1. The third-order valence-electron chi connectivity index (χ3n) is 6.15. The minimum absolute atomic E-state index is 0.0291. The van der Waals surface area contributed by atoms with Gasteiger partial charge in [-0.1, -0.05) is 59.6 Å². The molecule has 5 rings (SSSR count). The van der Waals surface area contributed by atoms with Crippen molar-refractivity contribution in [1.29, 1.82) is 0 Å². The topological polar surface area (TPSA) is 73.7 Å². The lowest BCUT2D eigenvalue weighted by molar-refractivity contribution is -0.123. The number of aliphatic hydroxyl groups excluding tert-OH is 1. The van der Waals surface area contributed by atoms with Crippen LogP contribution in [0, 0.1) is 0 Å². The fourth-order valence-corrected chi connectivity index (χ4v) is 5.87. The van der Waals surface area contributed by atoms with Crippen molar-refractivity contribution in [3.05, 3.63) is 112 Å². The molecule has 0 aliphatic carbocycles. The van der Waals surface area contributed by atoms with Gasteiger partial charge in [-0.3, -0.25) is 9.78 Å². The standard InChI is InChI=1S/C28H22Cl2N2O3S/c29-21-7-1-18(2-8-21)25(34)16-36-27-26(19-5-11-24(33)12-6-19)32(28(27)35)23-9-3-17(4-10-23)20-13-22(30)15-31-14-20/h1-15,25-27,33-34H,16H2/t25-,26-,27-/m1/s1. The summed E-state index contributed by atoms with van der Waals surface area (Å²) in [5.41, 5.74) is 4.27. The average molecular weight is 537 g/mol. The van der Waals surface area contributed by atoms with Crippen LogP contribution in [0.25, 0.3) is 11.1 Å². The van der Waals surface area contributed by atoms with Gasteiger partial charge in [-0.2, -0.15) is 0 Å². The average Bonchev–Trinajstić information content (AvgIpc) is 2.88. The normalized spacial score (nSPS) is 18.1. The highest BCUT2D eigenvalue weighted by Crippen LogP contribution is 2.46. The molecule has 0 unspecified atom stereocenters. The van der Waals surface area contributed by atoms with Gasteiger partial charge in [0.2, 0.25) is 5.91 Å². The van der Waals surface area contributed by atoms with E-state index < -0.39 is 6.10 Å². The van der Waals surface area contributed by atoms with Gasteiger partial charge in [0, 0.05) is 34.4 Å². The smallest absolute Gasteiger partial charge is 0.243 e. The minimum Gasteiger partial charge on any atom is -0.508 e. The fourth-order valence-electron chi connectivity index (χ4n) is 4.27. The van der Waals surface area contributed by atoms with Gasteiger partial charge < -0.3 is 15.1 Å². The van der Waals surface area contributed by atoms with Crippen LogP contribution in [0.15, 0.2) is 91.3 Å². The number of aliphatic hydroxyl groups is 1. The zero-order chi connectivity index (χ0) is 25.2. The van der Waals surface area contributed by atoms with Gasteiger partial charge in [0.15, 0.2) is 0 Å². The summed E-state index contributed by atoms with van der Waals surface area (Å²) < 4.78 is 0. The number of carbonyl (C=O) groups excluding carboxylic acids is 1. The molecule has 4 aromatic rings. The number of carbonyl (C=O) groups is 1. The van der Waals surface area contributed by atoms with Crippen molar-refractivity contribution in [3.8, 4) is 16.9 Å². The Balaban J connectivity index is 1.37. The summed E-state index contributed by atoms with van der Waals surface area (Å²) in [5.74, 6) is 0.498. The van der Waals surface area contributed by atoms with Crippen molar-refractivity contribution in [2.24, 2.45) is 0 Å². The van der Waals surface area contributed by atoms with Gasteiger partial charge in [0.25, 0.3) is 0 Å². The molecule has 1 aliphatic rings. The van der Waals surface area contributed by atoms with Crippen LogP contribution in [0.2, 0.25) is 10.0 Å². The second kappa shape index (κ2) is 10.5. The molecule has 0 radical (unpaired) electrons. The number of amides is 1. The molecule has 8 heteroatoms. The van der Waals surface area contributed by atoms with Crippen molar-refractivity contribution in [1.82, 2.24) is 4.98 Å². The van der Waals surface area contributed by atoms with Gasteiger partial charge in [-0.25, -0.2) is 0 Å². The second-order valence-electron chi connectivity index (χ2n) is 8.50. The largest absolute Gasteiger partial charge is 0.508 e. The highest BCUT2D eigenvalue weighted by atomic mass is 35.5. The molecule has 1 aliphatic heterocycles. The number of anilines is 1. The van der Waals surface area contributed by atoms with E-state index in [4.69, 9.17) is 23.2 Å². The molecule has 1 amide bonds. The lowest BCUT2D eigenvalue weighted by atomic mass is 9.92. The van der Waals surface area contributed by atoms with Crippen molar-refractivity contribution < 1.29 is 15.0 Å². The summed E-state index contributed by atoms with van der Waals surface area (Å²) in [6, 6.07) is 23.3. The molecule has 0 bridgehead atoms. The molecule has 2 heterocycles.